The maximum Gasteiger partial charge on any atom is 1.00 e. The Balaban J connectivity index is 0. The van der Waals surface area contributed by atoms with Crippen LogP contribution in [0, 0.1) is 0 Å². The molecule has 1 fully saturated rings. The van der Waals surface area contributed by atoms with Crippen LogP contribution in [0.1, 0.15) is 27.7 Å². The summed E-state index contributed by atoms with van der Waals surface area (Å²) in [5, 5.41) is 0. The van der Waals surface area contributed by atoms with Gasteiger partial charge in [0, 0.05) is 31.2 Å². The van der Waals surface area contributed by atoms with Gasteiger partial charge in [-0.15, -0.1) is 0 Å². The molecular weight excluding hydrogens is 251 g/mol. The third kappa shape index (κ3) is 4.72. The van der Waals surface area contributed by atoms with Crippen LogP contribution in [0.5, 0.6) is 0 Å². The molecule has 1 aliphatic heterocycles. The molecule has 1 heterocycles. The maximum atomic E-state index is 5.10. The van der Waals surface area contributed by atoms with Crippen molar-refractivity contribution in [2.24, 2.45) is 0 Å². The summed E-state index contributed by atoms with van der Waals surface area (Å²) < 4.78 is 0.619. The average Bonchev–Trinajstić information content (AvgIpc) is 2.01. The van der Waals surface area contributed by atoms with Crippen molar-refractivity contribution in [2.75, 3.05) is 13.1 Å². The van der Waals surface area contributed by atoms with Gasteiger partial charge in [-0.25, -0.2) is 0 Å². The Hall–Kier alpha value is 1.03. The normalized spacial score (nSPS) is 25.9. The van der Waals surface area contributed by atoms with Gasteiger partial charge in [0.2, 0.25) is 0 Å². The summed E-state index contributed by atoms with van der Waals surface area (Å²) in [5.74, 6) is 0. The molecule has 1 rings (SSSR count). The van der Waals surface area contributed by atoms with Crippen LogP contribution >= 0.6 is 12.2 Å². The van der Waals surface area contributed by atoms with Crippen LogP contribution in [-0.2, 0) is 12.6 Å². The Morgan fingerprint density at radius 1 is 1.25 bits per heavy atom. The van der Waals surface area contributed by atoms with E-state index in [9.17, 15) is 0 Å². The van der Waals surface area contributed by atoms with E-state index in [4.69, 9.17) is 24.8 Å². The molecule has 0 aliphatic carbocycles. The molecule has 6 heteroatoms. The van der Waals surface area contributed by atoms with E-state index < -0.39 is 0 Å². The Kier molecular flexibility index (Phi) is 9.91. The average molecular weight is 272 g/mol. The predicted molar refractivity (Wildman–Crippen MR) is 71.0 cm³/mol. The fourth-order valence-corrected chi connectivity index (χ4v) is 2.86. The maximum absolute atomic E-state index is 5.10. The van der Waals surface area contributed by atoms with E-state index in [-0.39, 0.29) is 35.0 Å². The summed E-state index contributed by atoms with van der Waals surface area (Å²) >= 11 is 10.2. The van der Waals surface area contributed by atoms with Gasteiger partial charge in [-0.3, -0.25) is 4.90 Å². The zero-order valence-corrected chi connectivity index (χ0v) is 14.5. The first-order chi connectivity index (χ1) is 6.43. The molecule has 1 saturated heterocycles. The number of thiocarbonyl (C=S) groups is 1. The van der Waals surface area contributed by atoms with Crippen LogP contribution in [0.4, 0.5) is 0 Å². The summed E-state index contributed by atoms with van der Waals surface area (Å²) in [7, 11) is 0. The largest absolute Gasteiger partial charge is 1.00 e. The third-order valence-electron chi connectivity index (χ3n) is 2.89. The molecule has 16 heavy (non-hydrogen) atoms. The van der Waals surface area contributed by atoms with E-state index in [1.54, 1.807) is 0 Å². The molecule has 0 radical (unpaired) electrons. The van der Waals surface area contributed by atoms with Crippen LogP contribution in [-0.4, -0.2) is 50.8 Å². The fraction of sp³-hybridized carbons (Fsp3) is 0.900. The van der Waals surface area contributed by atoms with Gasteiger partial charge < -0.3 is 35.2 Å². The number of rotatable bonds is 1. The van der Waals surface area contributed by atoms with E-state index in [2.05, 4.69) is 37.5 Å². The van der Waals surface area contributed by atoms with E-state index in [1.165, 1.54) is 0 Å². The van der Waals surface area contributed by atoms with Crippen molar-refractivity contribution in [2.45, 2.75) is 45.8 Å². The third-order valence-corrected chi connectivity index (χ3v) is 3.31. The van der Waals surface area contributed by atoms with E-state index in [0.29, 0.717) is 22.4 Å². The van der Waals surface area contributed by atoms with Crippen molar-refractivity contribution >= 4 is 29.2 Å². The second-order valence-corrected chi connectivity index (χ2v) is 5.45. The molecule has 0 aromatic heterocycles. The number of nitrogens with zero attached hydrogens (tertiary/aromatic N) is 2. The van der Waals surface area contributed by atoms with Crippen LogP contribution in [0.25, 0.3) is 0 Å². The molecular formula is C10H21N2NaOS2. The molecule has 1 aliphatic rings. The fourth-order valence-electron chi connectivity index (χ4n) is 2.15. The van der Waals surface area contributed by atoms with Gasteiger partial charge in [-0.1, -0.05) is 4.32 Å². The van der Waals surface area contributed by atoms with Crippen LogP contribution in [0.2, 0.25) is 0 Å². The standard InChI is InChI=1S/C10H20N2S2.Na.H2O/c1-7(2)11-5-8(3)12(10(13)14)9(4)6-11;;/h7-9H,5-6H2,1-4H3,(H,13,14);;1H2/q;+1;/p-1. The van der Waals surface area contributed by atoms with Crippen molar-refractivity contribution in [3.8, 4) is 0 Å². The smallest absolute Gasteiger partial charge is 0.412 e. The summed E-state index contributed by atoms with van der Waals surface area (Å²) in [6.45, 7) is 11.0. The quantitative estimate of drug-likeness (QED) is 0.308. The first-order valence-corrected chi connectivity index (χ1v) is 5.98. The van der Waals surface area contributed by atoms with Crippen molar-refractivity contribution in [1.29, 1.82) is 0 Å². The molecule has 0 bridgehead atoms. The molecule has 0 saturated carbocycles. The number of hydrogen-bond donors (Lipinski definition) is 0. The number of hydrogen-bond acceptors (Lipinski definition) is 3. The van der Waals surface area contributed by atoms with Crippen LogP contribution < -0.4 is 29.6 Å². The van der Waals surface area contributed by atoms with Crippen LogP contribution in [0.3, 0.4) is 0 Å². The Morgan fingerprint density at radius 2 is 1.62 bits per heavy atom. The molecule has 2 N–H and O–H groups in total. The topological polar surface area (TPSA) is 38.0 Å². The van der Waals surface area contributed by atoms with Gasteiger partial charge in [0.25, 0.3) is 0 Å². The Bertz CT molecular complexity index is 217. The molecule has 0 aromatic carbocycles. The molecule has 0 aromatic rings. The van der Waals surface area contributed by atoms with Gasteiger partial charge in [0.1, 0.15) is 0 Å². The summed E-state index contributed by atoms with van der Waals surface area (Å²) in [6, 6.07) is 1.51. The van der Waals surface area contributed by atoms with Gasteiger partial charge in [0.05, 0.1) is 0 Å². The zero-order chi connectivity index (χ0) is 10.9. The van der Waals surface area contributed by atoms with E-state index in [1.807, 2.05) is 0 Å². The summed E-state index contributed by atoms with van der Waals surface area (Å²) in [5.41, 5.74) is 0. The van der Waals surface area contributed by atoms with Gasteiger partial charge in [-0.2, -0.15) is 0 Å². The van der Waals surface area contributed by atoms with Gasteiger partial charge in [0.15, 0.2) is 0 Å². The molecule has 2 unspecified atom stereocenters. The van der Waals surface area contributed by atoms with E-state index in [0.717, 1.165) is 13.1 Å². The zero-order valence-electron chi connectivity index (χ0n) is 10.9. The van der Waals surface area contributed by atoms with Crippen molar-refractivity contribution in [1.82, 2.24) is 9.80 Å². The minimum absolute atomic E-state index is 0. The van der Waals surface area contributed by atoms with Crippen molar-refractivity contribution < 1.29 is 35.0 Å². The minimum Gasteiger partial charge on any atom is -0.412 e. The summed E-state index contributed by atoms with van der Waals surface area (Å²) in [4.78, 5) is 4.67. The second kappa shape index (κ2) is 8.19. The number of piperazine rings is 1. The molecule has 0 spiro atoms. The van der Waals surface area contributed by atoms with Crippen LogP contribution in [0.15, 0.2) is 0 Å². The molecule has 0 amide bonds. The summed E-state index contributed by atoms with van der Waals surface area (Å²) in [6.07, 6.45) is 0. The first kappa shape index (κ1) is 19.4. The minimum atomic E-state index is 0. The van der Waals surface area contributed by atoms with E-state index >= 15 is 0 Å². The van der Waals surface area contributed by atoms with Crippen molar-refractivity contribution in [3.05, 3.63) is 0 Å². The SMILES string of the molecule is CC(C)N1CC(C)N(C(=S)[S-])C(C)C1.O.[Na+]. The molecule has 90 valence electrons. The molecule has 3 nitrogen and oxygen atoms in total. The van der Waals surface area contributed by atoms with Gasteiger partial charge >= 0.3 is 29.6 Å². The Morgan fingerprint density at radius 3 is 1.88 bits per heavy atom. The predicted octanol–water partition coefficient (Wildman–Crippen LogP) is -2.20. The van der Waals surface area contributed by atoms with Crippen molar-refractivity contribution in [3.63, 3.8) is 0 Å². The molecule has 2 atom stereocenters. The monoisotopic (exact) mass is 272 g/mol. The Labute approximate surface area is 132 Å². The first-order valence-electron chi connectivity index (χ1n) is 5.16. The van der Waals surface area contributed by atoms with Gasteiger partial charge in [-0.05, 0) is 27.7 Å². The second-order valence-electron chi connectivity index (χ2n) is 4.42.